The molecule has 6 heteroatoms. The second kappa shape index (κ2) is 7.02. The van der Waals surface area contributed by atoms with Crippen molar-refractivity contribution in [1.29, 1.82) is 5.26 Å². The minimum atomic E-state index is -0.484. The summed E-state index contributed by atoms with van der Waals surface area (Å²) in [4.78, 5) is 16.4. The molecular weight excluding hydrogens is 370 g/mol. The number of ether oxygens (including phenoxy) is 1. The molecule has 1 fully saturated rings. The highest BCUT2D eigenvalue weighted by Crippen LogP contribution is 2.29. The predicted molar refractivity (Wildman–Crippen MR) is 98.2 cm³/mol. The van der Waals surface area contributed by atoms with Crippen molar-refractivity contribution in [3.63, 3.8) is 0 Å². The summed E-state index contributed by atoms with van der Waals surface area (Å²) >= 11 is 3.46. The van der Waals surface area contributed by atoms with Crippen molar-refractivity contribution in [3.8, 4) is 6.07 Å². The predicted octanol–water partition coefficient (Wildman–Crippen LogP) is 4.07. The number of nitriles is 1. The van der Waals surface area contributed by atoms with Gasteiger partial charge in [-0.15, -0.1) is 0 Å². The molecule has 1 aromatic carbocycles. The molecule has 1 aliphatic rings. The Kier molecular flexibility index (Phi) is 5.44. The Morgan fingerprint density at radius 3 is 2.58 bits per heavy atom. The van der Waals surface area contributed by atoms with Crippen LogP contribution in [0.3, 0.4) is 0 Å². The van der Waals surface area contributed by atoms with Crippen molar-refractivity contribution < 1.29 is 9.53 Å². The smallest absolute Gasteiger partial charge is 0.410 e. The Bertz CT molecular complexity index is 676. The van der Waals surface area contributed by atoms with Crippen LogP contribution in [-0.4, -0.2) is 42.3 Å². The lowest BCUT2D eigenvalue weighted by Gasteiger charge is -2.41. The number of aryl methyl sites for hydroxylation is 1. The Morgan fingerprint density at radius 2 is 2.04 bits per heavy atom. The summed E-state index contributed by atoms with van der Waals surface area (Å²) in [5, 5.41) is 9.12. The second-order valence-corrected chi connectivity index (χ2v) is 8.05. The maximum absolute atomic E-state index is 12.3. The number of benzene rings is 1. The first-order chi connectivity index (χ1) is 11.1. The average Bonchev–Trinajstić information content (AvgIpc) is 2.47. The van der Waals surface area contributed by atoms with E-state index in [9.17, 15) is 4.79 Å². The second-order valence-electron chi connectivity index (χ2n) is 7.20. The number of carbonyl (C=O) groups is 1. The van der Waals surface area contributed by atoms with E-state index in [-0.39, 0.29) is 12.1 Å². The van der Waals surface area contributed by atoms with Crippen LogP contribution < -0.4 is 4.90 Å². The molecule has 1 amide bonds. The summed E-state index contributed by atoms with van der Waals surface area (Å²) in [6.45, 7) is 11.8. The number of carbonyl (C=O) groups excluding carboxylic acids is 1. The van der Waals surface area contributed by atoms with Crippen LogP contribution in [0.1, 0.15) is 38.8 Å². The van der Waals surface area contributed by atoms with Crippen molar-refractivity contribution in [2.75, 3.05) is 24.5 Å². The molecule has 0 aromatic heterocycles. The molecule has 5 nitrogen and oxygen atoms in total. The standard InChI is InChI=1S/C18H24BrN3O2/c1-12-8-14(10-20)15(19)9-16(12)21-6-7-22(13(2)11-21)17(23)24-18(3,4)5/h8-9,13H,6-7,11H2,1-5H3/t13-/m0/s1. The molecule has 1 atom stereocenters. The molecule has 0 radical (unpaired) electrons. The van der Waals surface area contributed by atoms with E-state index in [0.29, 0.717) is 12.1 Å². The van der Waals surface area contributed by atoms with Crippen molar-refractivity contribution in [2.24, 2.45) is 0 Å². The zero-order valence-corrected chi connectivity index (χ0v) is 16.5. The van der Waals surface area contributed by atoms with Crippen molar-refractivity contribution >= 4 is 27.7 Å². The van der Waals surface area contributed by atoms with Crippen LogP contribution in [0.5, 0.6) is 0 Å². The fraction of sp³-hybridized carbons (Fsp3) is 0.556. The number of hydrogen-bond donors (Lipinski definition) is 0. The largest absolute Gasteiger partial charge is 0.444 e. The van der Waals surface area contributed by atoms with Gasteiger partial charge < -0.3 is 14.5 Å². The minimum Gasteiger partial charge on any atom is -0.444 e. The van der Waals surface area contributed by atoms with Gasteiger partial charge in [0, 0.05) is 35.8 Å². The van der Waals surface area contributed by atoms with Crippen LogP contribution >= 0.6 is 15.9 Å². The molecule has 0 saturated carbocycles. The zero-order chi connectivity index (χ0) is 18.1. The first-order valence-corrected chi connectivity index (χ1v) is 8.86. The molecular formula is C18H24BrN3O2. The SMILES string of the molecule is Cc1cc(C#N)c(Br)cc1N1CCN(C(=O)OC(C)(C)C)[C@@H](C)C1. The summed E-state index contributed by atoms with van der Waals surface area (Å²) in [5.41, 5.74) is 2.31. The van der Waals surface area contributed by atoms with Crippen molar-refractivity contribution in [3.05, 3.63) is 27.7 Å². The summed E-state index contributed by atoms with van der Waals surface area (Å²) in [6.07, 6.45) is -0.257. The number of amides is 1. The van der Waals surface area contributed by atoms with E-state index < -0.39 is 5.60 Å². The lowest BCUT2D eigenvalue weighted by atomic mass is 10.1. The average molecular weight is 394 g/mol. The van der Waals surface area contributed by atoms with Gasteiger partial charge in [-0.25, -0.2) is 4.79 Å². The van der Waals surface area contributed by atoms with Crippen LogP contribution in [0.25, 0.3) is 0 Å². The minimum absolute atomic E-state index is 0.0578. The maximum Gasteiger partial charge on any atom is 0.410 e. The van der Waals surface area contributed by atoms with Gasteiger partial charge in [0.1, 0.15) is 11.7 Å². The molecule has 1 heterocycles. The van der Waals surface area contributed by atoms with E-state index in [4.69, 9.17) is 10.00 Å². The van der Waals surface area contributed by atoms with Crippen LogP contribution in [0.4, 0.5) is 10.5 Å². The number of nitrogens with zero attached hydrogens (tertiary/aromatic N) is 3. The zero-order valence-electron chi connectivity index (χ0n) is 14.9. The molecule has 1 aromatic rings. The highest BCUT2D eigenvalue weighted by atomic mass is 79.9. The number of piperazine rings is 1. The summed E-state index contributed by atoms with van der Waals surface area (Å²) in [6, 6.07) is 6.12. The molecule has 0 N–H and O–H groups in total. The molecule has 0 unspecified atom stereocenters. The van der Waals surface area contributed by atoms with Crippen LogP contribution in [0.15, 0.2) is 16.6 Å². The Morgan fingerprint density at radius 1 is 1.38 bits per heavy atom. The van der Waals surface area contributed by atoms with E-state index in [2.05, 4.69) is 26.9 Å². The number of anilines is 1. The number of rotatable bonds is 1. The van der Waals surface area contributed by atoms with Gasteiger partial charge in [0.05, 0.1) is 5.56 Å². The maximum atomic E-state index is 12.3. The highest BCUT2D eigenvalue weighted by molar-refractivity contribution is 9.10. The molecule has 0 bridgehead atoms. The summed E-state index contributed by atoms with van der Waals surface area (Å²) in [5.74, 6) is 0. The molecule has 1 saturated heterocycles. The molecule has 0 spiro atoms. The third kappa shape index (κ3) is 4.21. The topological polar surface area (TPSA) is 56.6 Å². The van der Waals surface area contributed by atoms with Gasteiger partial charge in [-0.3, -0.25) is 0 Å². The lowest BCUT2D eigenvalue weighted by molar-refractivity contribution is 0.0159. The van der Waals surface area contributed by atoms with Gasteiger partial charge in [-0.05, 0) is 68.2 Å². The molecule has 130 valence electrons. The van der Waals surface area contributed by atoms with Crippen LogP contribution in [-0.2, 0) is 4.74 Å². The van der Waals surface area contributed by atoms with E-state index in [0.717, 1.165) is 28.8 Å². The quantitative estimate of drug-likeness (QED) is 0.721. The normalized spacial score (nSPS) is 18.3. The van der Waals surface area contributed by atoms with E-state index in [1.54, 1.807) is 4.90 Å². The van der Waals surface area contributed by atoms with Gasteiger partial charge in [0.25, 0.3) is 0 Å². The Labute approximate surface area is 152 Å². The summed E-state index contributed by atoms with van der Waals surface area (Å²) < 4.78 is 6.29. The van der Waals surface area contributed by atoms with E-state index in [1.165, 1.54) is 0 Å². The number of hydrogen-bond acceptors (Lipinski definition) is 4. The van der Waals surface area contributed by atoms with Gasteiger partial charge in [-0.1, -0.05) is 0 Å². The molecule has 1 aliphatic heterocycles. The lowest BCUT2D eigenvalue weighted by Crippen LogP contribution is -2.55. The molecule has 2 rings (SSSR count). The molecule has 0 aliphatic carbocycles. The Balaban J connectivity index is 2.13. The fourth-order valence-electron chi connectivity index (χ4n) is 2.87. The first-order valence-electron chi connectivity index (χ1n) is 8.07. The van der Waals surface area contributed by atoms with Crippen LogP contribution in [0.2, 0.25) is 0 Å². The van der Waals surface area contributed by atoms with Gasteiger partial charge in [0.2, 0.25) is 0 Å². The van der Waals surface area contributed by atoms with Crippen LogP contribution in [0, 0.1) is 18.3 Å². The van der Waals surface area contributed by atoms with Gasteiger partial charge in [-0.2, -0.15) is 5.26 Å². The third-order valence-corrected chi connectivity index (χ3v) is 4.66. The number of halogens is 1. The third-order valence-electron chi connectivity index (χ3n) is 4.00. The van der Waals surface area contributed by atoms with E-state index in [1.807, 2.05) is 46.8 Å². The monoisotopic (exact) mass is 393 g/mol. The van der Waals surface area contributed by atoms with Crippen molar-refractivity contribution in [2.45, 2.75) is 46.3 Å². The first kappa shape index (κ1) is 18.6. The highest BCUT2D eigenvalue weighted by Gasteiger charge is 2.31. The Hall–Kier alpha value is -1.74. The molecule has 24 heavy (non-hydrogen) atoms. The summed E-state index contributed by atoms with van der Waals surface area (Å²) in [7, 11) is 0. The fourth-order valence-corrected chi connectivity index (χ4v) is 3.29. The van der Waals surface area contributed by atoms with Crippen molar-refractivity contribution in [1.82, 2.24) is 4.90 Å². The van der Waals surface area contributed by atoms with Gasteiger partial charge in [0.15, 0.2) is 0 Å². The van der Waals surface area contributed by atoms with E-state index >= 15 is 0 Å². The van der Waals surface area contributed by atoms with Gasteiger partial charge >= 0.3 is 6.09 Å².